The molecule has 0 unspecified atom stereocenters. The topological polar surface area (TPSA) is 58.4 Å². The van der Waals surface area contributed by atoms with E-state index in [0.717, 1.165) is 17.8 Å². The van der Waals surface area contributed by atoms with Crippen LogP contribution in [-0.4, -0.2) is 30.4 Å². The largest absolute Gasteiger partial charge is 0.399 e. The molecule has 0 fully saturated rings. The highest BCUT2D eigenvalue weighted by Crippen LogP contribution is 2.08. The van der Waals surface area contributed by atoms with Gasteiger partial charge in [0, 0.05) is 18.3 Å². The highest BCUT2D eigenvalue weighted by molar-refractivity contribution is 5.78. The van der Waals surface area contributed by atoms with Gasteiger partial charge in [-0.3, -0.25) is 9.69 Å². The minimum Gasteiger partial charge on any atom is -0.399 e. The van der Waals surface area contributed by atoms with Crippen molar-refractivity contribution >= 4 is 11.6 Å². The van der Waals surface area contributed by atoms with Crippen molar-refractivity contribution in [3.8, 4) is 0 Å². The maximum atomic E-state index is 11.5. The number of carbonyl (C=O) groups is 1. The van der Waals surface area contributed by atoms with Gasteiger partial charge < -0.3 is 11.1 Å². The highest BCUT2D eigenvalue weighted by atomic mass is 16.2. The molecule has 0 radical (unpaired) electrons. The van der Waals surface area contributed by atoms with Crippen LogP contribution in [0.4, 0.5) is 5.69 Å². The normalized spacial score (nSPS) is 10.9. The Bertz CT molecular complexity index is 377. The van der Waals surface area contributed by atoms with E-state index in [1.54, 1.807) is 0 Å². The Hall–Kier alpha value is -1.55. The van der Waals surface area contributed by atoms with Crippen LogP contribution in [-0.2, 0) is 11.3 Å². The van der Waals surface area contributed by atoms with Gasteiger partial charge >= 0.3 is 0 Å². The fourth-order valence-corrected chi connectivity index (χ4v) is 1.67. The summed E-state index contributed by atoms with van der Waals surface area (Å²) in [5.41, 5.74) is 7.57. The summed E-state index contributed by atoms with van der Waals surface area (Å²) in [5, 5.41) is 2.87. The minimum atomic E-state index is 0.0476. The molecule has 1 rings (SSSR count). The fourth-order valence-electron chi connectivity index (χ4n) is 1.67. The van der Waals surface area contributed by atoms with E-state index in [1.807, 2.05) is 50.1 Å². The van der Waals surface area contributed by atoms with Gasteiger partial charge in [0.25, 0.3) is 0 Å². The Morgan fingerprint density at radius 2 is 2.18 bits per heavy atom. The molecular formula is C13H21N3O. The molecule has 0 atom stereocenters. The van der Waals surface area contributed by atoms with E-state index in [-0.39, 0.29) is 11.9 Å². The summed E-state index contributed by atoms with van der Waals surface area (Å²) in [4.78, 5) is 13.5. The molecule has 0 saturated heterocycles. The number of nitrogen functional groups attached to an aromatic ring is 1. The van der Waals surface area contributed by atoms with Crippen molar-refractivity contribution < 1.29 is 4.79 Å². The standard InChI is InChI=1S/C13H21N3O/c1-10(2)15-13(17)9-16(3)8-11-5-4-6-12(14)7-11/h4-7,10H,8-9,14H2,1-3H3,(H,15,17). The van der Waals surface area contributed by atoms with Crippen LogP contribution in [0.15, 0.2) is 24.3 Å². The molecule has 3 N–H and O–H groups in total. The van der Waals surface area contributed by atoms with Gasteiger partial charge in [-0.05, 0) is 38.6 Å². The molecule has 4 nitrogen and oxygen atoms in total. The van der Waals surface area contributed by atoms with Gasteiger partial charge in [0.05, 0.1) is 6.54 Å². The van der Waals surface area contributed by atoms with Crippen LogP contribution < -0.4 is 11.1 Å². The molecule has 94 valence electrons. The zero-order chi connectivity index (χ0) is 12.8. The number of benzene rings is 1. The lowest BCUT2D eigenvalue weighted by atomic mass is 10.2. The van der Waals surface area contributed by atoms with Crippen molar-refractivity contribution in [3.05, 3.63) is 29.8 Å². The van der Waals surface area contributed by atoms with E-state index >= 15 is 0 Å². The number of amides is 1. The maximum Gasteiger partial charge on any atom is 0.234 e. The van der Waals surface area contributed by atoms with Crippen molar-refractivity contribution in [3.63, 3.8) is 0 Å². The molecule has 0 bridgehead atoms. The van der Waals surface area contributed by atoms with Crippen molar-refractivity contribution in [2.24, 2.45) is 0 Å². The van der Waals surface area contributed by atoms with Gasteiger partial charge in [-0.1, -0.05) is 12.1 Å². The van der Waals surface area contributed by atoms with Crippen LogP contribution in [0.1, 0.15) is 19.4 Å². The molecule has 1 aromatic rings. The van der Waals surface area contributed by atoms with E-state index < -0.39 is 0 Å². The molecule has 0 spiro atoms. The number of carbonyl (C=O) groups excluding carboxylic acids is 1. The van der Waals surface area contributed by atoms with Gasteiger partial charge in [-0.25, -0.2) is 0 Å². The lowest BCUT2D eigenvalue weighted by molar-refractivity contribution is -0.122. The third kappa shape index (κ3) is 5.36. The summed E-state index contributed by atoms with van der Waals surface area (Å²) in [6.07, 6.45) is 0. The van der Waals surface area contributed by atoms with Crippen LogP contribution in [0, 0.1) is 0 Å². The number of nitrogens with one attached hydrogen (secondary N) is 1. The third-order valence-corrected chi connectivity index (χ3v) is 2.27. The Balaban J connectivity index is 2.44. The maximum absolute atomic E-state index is 11.5. The summed E-state index contributed by atoms with van der Waals surface area (Å²) in [5.74, 6) is 0.0476. The van der Waals surface area contributed by atoms with E-state index in [4.69, 9.17) is 5.73 Å². The van der Waals surface area contributed by atoms with Crippen LogP contribution in [0.2, 0.25) is 0 Å². The van der Waals surface area contributed by atoms with Crippen molar-refractivity contribution in [1.29, 1.82) is 0 Å². The van der Waals surface area contributed by atoms with E-state index in [0.29, 0.717) is 6.54 Å². The predicted molar refractivity (Wildman–Crippen MR) is 70.5 cm³/mol. The quantitative estimate of drug-likeness (QED) is 0.755. The summed E-state index contributed by atoms with van der Waals surface area (Å²) in [7, 11) is 1.92. The SMILES string of the molecule is CC(C)NC(=O)CN(C)Cc1cccc(N)c1. The van der Waals surface area contributed by atoms with Crippen molar-refractivity contribution in [2.45, 2.75) is 26.4 Å². The monoisotopic (exact) mass is 235 g/mol. The zero-order valence-electron chi connectivity index (χ0n) is 10.7. The van der Waals surface area contributed by atoms with Gasteiger partial charge in [0.1, 0.15) is 0 Å². The van der Waals surface area contributed by atoms with E-state index in [2.05, 4.69) is 5.32 Å². The average molecular weight is 235 g/mol. The summed E-state index contributed by atoms with van der Waals surface area (Å²) in [6, 6.07) is 7.90. The molecule has 1 aromatic carbocycles. The lowest BCUT2D eigenvalue weighted by Gasteiger charge is -2.17. The van der Waals surface area contributed by atoms with Crippen LogP contribution in [0.5, 0.6) is 0 Å². The van der Waals surface area contributed by atoms with Gasteiger partial charge in [-0.2, -0.15) is 0 Å². The van der Waals surface area contributed by atoms with E-state index in [1.165, 1.54) is 0 Å². The fraction of sp³-hybridized carbons (Fsp3) is 0.462. The number of anilines is 1. The molecule has 0 saturated carbocycles. The smallest absolute Gasteiger partial charge is 0.234 e. The Morgan fingerprint density at radius 1 is 1.47 bits per heavy atom. The molecule has 0 aliphatic carbocycles. The number of nitrogens with two attached hydrogens (primary N) is 1. The molecule has 17 heavy (non-hydrogen) atoms. The predicted octanol–water partition coefficient (Wildman–Crippen LogP) is 1.23. The van der Waals surface area contributed by atoms with Gasteiger partial charge in [-0.15, -0.1) is 0 Å². The van der Waals surface area contributed by atoms with Crippen molar-refractivity contribution in [1.82, 2.24) is 10.2 Å². The highest BCUT2D eigenvalue weighted by Gasteiger charge is 2.07. The zero-order valence-corrected chi connectivity index (χ0v) is 10.7. The number of nitrogens with zero attached hydrogens (tertiary/aromatic N) is 1. The third-order valence-electron chi connectivity index (χ3n) is 2.27. The first kappa shape index (κ1) is 13.5. The van der Waals surface area contributed by atoms with Crippen molar-refractivity contribution in [2.75, 3.05) is 19.3 Å². The average Bonchev–Trinajstić information content (AvgIpc) is 2.14. The van der Waals surface area contributed by atoms with E-state index in [9.17, 15) is 4.79 Å². The van der Waals surface area contributed by atoms with Crippen LogP contribution in [0.25, 0.3) is 0 Å². The number of hydrogen-bond acceptors (Lipinski definition) is 3. The summed E-state index contributed by atoms with van der Waals surface area (Å²) >= 11 is 0. The first-order valence-electron chi connectivity index (χ1n) is 5.79. The second kappa shape index (κ2) is 6.25. The second-order valence-electron chi connectivity index (χ2n) is 4.64. The molecule has 1 amide bonds. The molecule has 0 heterocycles. The molecule has 0 aliphatic heterocycles. The number of hydrogen-bond donors (Lipinski definition) is 2. The summed E-state index contributed by atoms with van der Waals surface area (Å²) in [6.45, 7) is 5.02. The first-order valence-corrected chi connectivity index (χ1v) is 5.79. The Labute approximate surface area is 103 Å². The summed E-state index contributed by atoms with van der Waals surface area (Å²) < 4.78 is 0. The van der Waals surface area contributed by atoms with Crippen LogP contribution >= 0.6 is 0 Å². The number of rotatable bonds is 5. The molecule has 0 aliphatic rings. The number of likely N-dealkylation sites (N-methyl/N-ethyl adjacent to an activating group) is 1. The second-order valence-corrected chi connectivity index (χ2v) is 4.64. The van der Waals surface area contributed by atoms with Gasteiger partial charge in [0.2, 0.25) is 5.91 Å². The molecule has 0 aromatic heterocycles. The Kier molecular flexibility index (Phi) is 4.97. The molecule has 4 heteroatoms. The Morgan fingerprint density at radius 3 is 2.76 bits per heavy atom. The lowest BCUT2D eigenvalue weighted by Crippen LogP contribution is -2.38. The van der Waals surface area contributed by atoms with Gasteiger partial charge in [0.15, 0.2) is 0 Å². The molecular weight excluding hydrogens is 214 g/mol. The minimum absolute atomic E-state index is 0.0476. The first-order chi connectivity index (χ1) is 7.97. The van der Waals surface area contributed by atoms with Crippen LogP contribution in [0.3, 0.4) is 0 Å².